The second-order valence-corrected chi connectivity index (χ2v) is 5.21. The summed E-state index contributed by atoms with van der Waals surface area (Å²) in [6.07, 6.45) is 5.60. The molecule has 2 N–H and O–H groups in total. The minimum absolute atomic E-state index is 0. The van der Waals surface area contributed by atoms with E-state index in [2.05, 4.69) is 10.6 Å². The van der Waals surface area contributed by atoms with Gasteiger partial charge in [0.15, 0.2) is 0 Å². The van der Waals surface area contributed by atoms with Gasteiger partial charge in [0, 0.05) is 26.1 Å². The van der Waals surface area contributed by atoms with Gasteiger partial charge in [0.1, 0.15) is 6.04 Å². The SMILES string of the molecule is CNC(=O)C1CCCCN1C(=O)CC1CCCN1.Cl. The van der Waals surface area contributed by atoms with Gasteiger partial charge in [-0.2, -0.15) is 0 Å². The highest BCUT2D eigenvalue weighted by Gasteiger charge is 2.32. The molecule has 6 heteroatoms. The number of hydrogen-bond acceptors (Lipinski definition) is 3. The Balaban J connectivity index is 0.00000180. The lowest BCUT2D eigenvalue weighted by molar-refractivity contribution is -0.142. The van der Waals surface area contributed by atoms with E-state index in [1.54, 1.807) is 11.9 Å². The Bertz CT molecular complexity index is 319. The van der Waals surface area contributed by atoms with E-state index in [4.69, 9.17) is 0 Å². The lowest BCUT2D eigenvalue weighted by Gasteiger charge is -2.35. The fraction of sp³-hybridized carbons (Fsp3) is 0.846. The highest BCUT2D eigenvalue weighted by Crippen LogP contribution is 2.20. The van der Waals surface area contributed by atoms with Crippen molar-refractivity contribution in [1.29, 1.82) is 0 Å². The molecule has 0 bridgehead atoms. The molecule has 0 spiro atoms. The number of carbonyl (C=O) groups is 2. The van der Waals surface area contributed by atoms with Crippen LogP contribution >= 0.6 is 12.4 Å². The van der Waals surface area contributed by atoms with Crippen LogP contribution in [0.4, 0.5) is 0 Å². The van der Waals surface area contributed by atoms with E-state index in [1.807, 2.05) is 0 Å². The van der Waals surface area contributed by atoms with Crippen LogP contribution in [0.2, 0.25) is 0 Å². The summed E-state index contributed by atoms with van der Waals surface area (Å²) in [5.41, 5.74) is 0. The Hall–Kier alpha value is -0.810. The molecule has 2 aliphatic rings. The quantitative estimate of drug-likeness (QED) is 0.803. The van der Waals surface area contributed by atoms with E-state index in [-0.39, 0.29) is 30.3 Å². The predicted octanol–water partition coefficient (Wildman–Crippen LogP) is 0.677. The Morgan fingerprint density at radius 1 is 1.26 bits per heavy atom. The molecule has 5 nitrogen and oxygen atoms in total. The Kier molecular flexibility index (Phi) is 6.58. The van der Waals surface area contributed by atoms with Gasteiger partial charge in [-0.3, -0.25) is 9.59 Å². The van der Waals surface area contributed by atoms with Crippen molar-refractivity contribution in [3.63, 3.8) is 0 Å². The van der Waals surface area contributed by atoms with Crippen molar-refractivity contribution in [2.45, 2.75) is 50.6 Å². The summed E-state index contributed by atoms with van der Waals surface area (Å²) in [6.45, 7) is 1.74. The molecule has 0 radical (unpaired) electrons. The zero-order valence-corrected chi connectivity index (χ0v) is 12.3. The van der Waals surface area contributed by atoms with E-state index < -0.39 is 0 Å². The predicted molar refractivity (Wildman–Crippen MR) is 76.3 cm³/mol. The number of rotatable bonds is 3. The first kappa shape index (κ1) is 16.2. The number of likely N-dealkylation sites (tertiary alicyclic amines) is 1. The fourth-order valence-corrected chi connectivity index (χ4v) is 2.93. The zero-order valence-electron chi connectivity index (χ0n) is 11.5. The first-order valence-electron chi connectivity index (χ1n) is 6.97. The summed E-state index contributed by atoms with van der Waals surface area (Å²) in [6, 6.07) is 0.0578. The molecule has 2 saturated heterocycles. The molecule has 2 rings (SSSR count). The van der Waals surface area contributed by atoms with Crippen LogP contribution in [0.1, 0.15) is 38.5 Å². The van der Waals surface area contributed by atoms with Gasteiger partial charge < -0.3 is 15.5 Å². The smallest absolute Gasteiger partial charge is 0.242 e. The topological polar surface area (TPSA) is 61.4 Å². The van der Waals surface area contributed by atoms with Gasteiger partial charge in [-0.05, 0) is 38.6 Å². The van der Waals surface area contributed by atoms with E-state index in [9.17, 15) is 9.59 Å². The summed E-state index contributed by atoms with van der Waals surface area (Å²) < 4.78 is 0. The van der Waals surface area contributed by atoms with Gasteiger partial charge in [-0.1, -0.05) is 0 Å². The van der Waals surface area contributed by atoms with E-state index in [0.29, 0.717) is 12.5 Å². The fourth-order valence-electron chi connectivity index (χ4n) is 2.93. The van der Waals surface area contributed by atoms with Gasteiger partial charge in [-0.15, -0.1) is 12.4 Å². The summed E-state index contributed by atoms with van der Waals surface area (Å²) in [5, 5.41) is 6.00. The third-order valence-corrected chi connectivity index (χ3v) is 3.96. The standard InChI is InChI=1S/C13H23N3O2.ClH/c1-14-13(18)11-6-2-3-8-16(11)12(17)9-10-5-4-7-15-10;/h10-11,15H,2-9H2,1H3,(H,14,18);1H. The molecule has 0 aromatic heterocycles. The summed E-state index contributed by atoms with van der Waals surface area (Å²) in [4.78, 5) is 25.9. The van der Waals surface area contributed by atoms with Crippen LogP contribution in [-0.4, -0.2) is 48.9 Å². The molecule has 110 valence electrons. The van der Waals surface area contributed by atoms with Crippen LogP contribution in [-0.2, 0) is 9.59 Å². The summed E-state index contributed by atoms with van der Waals surface area (Å²) >= 11 is 0. The summed E-state index contributed by atoms with van der Waals surface area (Å²) in [7, 11) is 1.64. The number of nitrogens with one attached hydrogen (secondary N) is 2. The van der Waals surface area contributed by atoms with E-state index >= 15 is 0 Å². The molecule has 2 unspecified atom stereocenters. The zero-order chi connectivity index (χ0) is 13.0. The number of piperidine rings is 1. The molecule has 0 saturated carbocycles. The minimum Gasteiger partial charge on any atom is -0.357 e. The molecule has 2 fully saturated rings. The molecular weight excluding hydrogens is 266 g/mol. The molecule has 2 amide bonds. The van der Waals surface area contributed by atoms with Crippen LogP contribution in [0.3, 0.4) is 0 Å². The van der Waals surface area contributed by atoms with Crippen LogP contribution in [0.15, 0.2) is 0 Å². The monoisotopic (exact) mass is 289 g/mol. The van der Waals surface area contributed by atoms with Crippen molar-refractivity contribution in [1.82, 2.24) is 15.5 Å². The Labute approximate surface area is 120 Å². The average Bonchev–Trinajstić information content (AvgIpc) is 2.90. The van der Waals surface area contributed by atoms with Crippen molar-refractivity contribution in [3.8, 4) is 0 Å². The van der Waals surface area contributed by atoms with Gasteiger partial charge in [0.05, 0.1) is 0 Å². The minimum atomic E-state index is -0.252. The largest absolute Gasteiger partial charge is 0.357 e. The highest BCUT2D eigenvalue weighted by molar-refractivity contribution is 5.87. The average molecular weight is 290 g/mol. The van der Waals surface area contributed by atoms with Crippen molar-refractivity contribution in [2.75, 3.05) is 20.1 Å². The highest BCUT2D eigenvalue weighted by atomic mass is 35.5. The van der Waals surface area contributed by atoms with Gasteiger partial charge in [0.25, 0.3) is 0 Å². The van der Waals surface area contributed by atoms with Crippen LogP contribution in [0.25, 0.3) is 0 Å². The number of nitrogens with zero attached hydrogens (tertiary/aromatic N) is 1. The molecule has 0 aromatic carbocycles. The molecule has 2 atom stereocenters. The summed E-state index contributed by atoms with van der Waals surface area (Å²) in [5.74, 6) is 0.102. The Morgan fingerprint density at radius 2 is 2.05 bits per heavy atom. The van der Waals surface area contributed by atoms with Crippen molar-refractivity contribution >= 4 is 24.2 Å². The van der Waals surface area contributed by atoms with Crippen molar-refractivity contribution in [3.05, 3.63) is 0 Å². The molecular formula is C13H24ClN3O2. The second kappa shape index (κ2) is 7.70. The van der Waals surface area contributed by atoms with Crippen molar-refractivity contribution in [2.24, 2.45) is 0 Å². The maximum Gasteiger partial charge on any atom is 0.242 e. The van der Waals surface area contributed by atoms with E-state index in [1.165, 1.54) is 0 Å². The van der Waals surface area contributed by atoms with Gasteiger partial charge in [0.2, 0.25) is 11.8 Å². The number of hydrogen-bond donors (Lipinski definition) is 2. The molecule has 19 heavy (non-hydrogen) atoms. The number of amides is 2. The number of halogens is 1. The molecule has 2 heterocycles. The van der Waals surface area contributed by atoms with Crippen molar-refractivity contribution < 1.29 is 9.59 Å². The normalized spacial score (nSPS) is 26.7. The third-order valence-electron chi connectivity index (χ3n) is 3.96. The first-order chi connectivity index (χ1) is 8.72. The third kappa shape index (κ3) is 4.08. The second-order valence-electron chi connectivity index (χ2n) is 5.21. The number of likely N-dealkylation sites (N-methyl/N-ethyl adjacent to an activating group) is 1. The van der Waals surface area contributed by atoms with Gasteiger partial charge >= 0.3 is 0 Å². The molecule has 0 aliphatic carbocycles. The van der Waals surface area contributed by atoms with Crippen LogP contribution in [0, 0.1) is 0 Å². The molecule has 2 aliphatic heterocycles. The first-order valence-corrected chi connectivity index (χ1v) is 6.97. The van der Waals surface area contributed by atoms with E-state index in [0.717, 1.165) is 45.2 Å². The number of carbonyl (C=O) groups excluding carboxylic acids is 2. The maximum atomic E-state index is 12.3. The van der Waals surface area contributed by atoms with Gasteiger partial charge in [-0.25, -0.2) is 0 Å². The maximum absolute atomic E-state index is 12.3. The lowest BCUT2D eigenvalue weighted by atomic mass is 10.00. The molecule has 0 aromatic rings. The Morgan fingerprint density at radius 3 is 2.68 bits per heavy atom. The lowest BCUT2D eigenvalue weighted by Crippen LogP contribution is -2.52. The van der Waals surface area contributed by atoms with Crippen LogP contribution < -0.4 is 10.6 Å². The van der Waals surface area contributed by atoms with Crippen LogP contribution in [0.5, 0.6) is 0 Å².